The number of rotatable bonds is 5. The normalized spacial score (nSPS) is 10.8. The third-order valence-corrected chi connectivity index (χ3v) is 3.45. The fourth-order valence-corrected chi connectivity index (χ4v) is 2.22. The van der Waals surface area contributed by atoms with Crippen LogP contribution < -0.4 is 14.8 Å². The van der Waals surface area contributed by atoms with Crippen molar-refractivity contribution < 1.29 is 27.4 Å². The molecular weight excluding hydrogens is 373 g/mol. The number of nitrogens with zero attached hydrogens (tertiary/aromatic N) is 1. The smallest absolute Gasteiger partial charge is 0.418 e. The van der Waals surface area contributed by atoms with Crippen LogP contribution in [-0.4, -0.2) is 19.6 Å². The summed E-state index contributed by atoms with van der Waals surface area (Å²) in [6, 6.07) is 9.23. The Hall–Kier alpha value is -2.92. The van der Waals surface area contributed by atoms with Crippen molar-refractivity contribution >= 4 is 23.2 Å². The highest BCUT2D eigenvalue weighted by Gasteiger charge is 2.34. The molecule has 0 aliphatic carbocycles. The van der Waals surface area contributed by atoms with Gasteiger partial charge in [0.1, 0.15) is 0 Å². The average molecular weight is 385 g/mol. The highest BCUT2D eigenvalue weighted by Crippen LogP contribution is 2.36. The number of halogens is 4. The van der Waals surface area contributed by atoms with Crippen LogP contribution in [0.2, 0.25) is 5.02 Å². The Balaban J connectivity index is 2.10. The van der Waals surface area contributed by atoms with Gasteiger partial charge in [-0.25, -0.2) is 0 Å². The number of hydrogen-bond acceptors (Lipinski definition) is 4. The zero-order valence-corrected chi connectivity index (χ0v) is 14.1. The number of hydrogen-bond donors (Lipinski definition) is 1. The number of alkyl halides is 3. The van der Waals surface area contributed by atoms with Crippen LogP contribution in [-0.2, 0) is 11.0 Å². The Labute approximate surface area is 151 Å². The van der Waals surface area contributed by atoms with Gasteiger partial charge < -0.3 is 14.8 Å². The van der Waals surface area contributed by atoms with Crippen LogP contribution in [0.1, 0.15) is 11.1 Å². The van der Waals surface area contributed by atoms with E-state index in [0.717, 1.165) is 12.1 Å². The summed E-state index contributed by atoms with van der Waals surface area (Å²) in [6.45, 7) is -0.553. The largest absolute Gasteiger partial charge is 0.493 e. The van der Waals surface area contributed by atoms with Crippen LogP contribution in [0.4, 0.5) is 18.9 Å². The summed E-state index contributed by atoms with van der Waals surface area (Å²) in [5.41, 5.74) is -1.16. The van der Waals surface area contributed by atoms with Crippen LogP contribution in [0, 0.1) is 11.3 Å². The van der Waals surface area contributed by atoms with Crippen molar-refractivity contribution in [2.45, 2.75) is 6.18 Å². The van der Waals surface area contributed by atoms with Crippen LogP contribution in [0.5, 0.6) is 11.5 Å². The van der Waals surface area contributed by atoms with E-state index in [9.17, 15) is 18.0 Å². The second-order valence-corrected chi connectivity index (χ2v) is 5.44. The number of nitriles is 1. The highest BCUT2D eigenvalue weighted by atomic mass is 35.5. The molecule has 0 fully saturated rings. The molecule has 0 aliphatic heterocycles. The van der Waals surface area contributed by atoms with Gasteiger partial charge in [-0.2, -0.15) is 18.4 Å². The predicted octanol–water partition coefficient (Wildman–Crippen LogP) is 4.26. The average Bonchev–Trinajstić information content (AvgIpc) is 2.60. The molecule has 2 rings (SSSR count). The van der Waals surface area contributed by atoms with E-state index in [1.807, 2.05) is 6.07 Å². The van der Waals surface area contributed by atoms with E-state index in [1.165, 1.54) is 31.4 Å². The van der Waals surface area contributed by atoms with Gasteiger partial charge in [-0.3, -0.25) is 4.79 Å². The molecule has 136 valence electrons. The molecular formula is C17H12ClF3N2O3. The molecule has 1 amide bonds. The summed E-state index contributed by atoms with van der Waals surface area (Å²) in [7, 11) is 1.35. The molecule has 0 aromatic heterocycles. The van der Waals surface area contributed by atoms with Crippen molar-refractivity contribution in [3.8, 4) is 17.6 Å². The summed E-state index contributed by atoms with van der Waals surface area (Å²) < 4.78 is 49.3. The first-order valence-electron chi connectivity index (χ1n) is 7.12. The summed E-state index contributed by atoms with van der Waals surface area (Å²) >= 11 is 5.58. The van der Waals surface area contributed by atoms with E-state index in [0.29, 0.717) is 5.56 Å². The second-order valence-electron chi connectivity index (χ2n) is 5.00. The van der Waals surface area contributed by atoms with E-state index >= 15 is 0 Å². The Bertz CT molecular complexity index is 863. The lowest BCUT2D eigenvalue weighted by molar-refractivity contribution is -0.137. The van der Waals surface area contributed by atoms with E-state index in [-0.39, 0.29) is 16.5 Å². The maximum atomic E-state index is 13.0. The monoisotopic (exact) mass is 384 g/mol. The molecule has 0 radical (unpaired) electrons. The van der Waals surface area contributed by atoms with E-state index in [4.69, 9.17) is 26.3 Å². The first-order chi connectivity index (χ1) is 12.2. The molecule has 0 saturated heterocycles. The zero-order chi connectivity index (χ0) is 19.3. The molecule has 2 aromatic carbocycles. The van der Waals surface area contributed by atoms with Gasteiger partial charge in [0.05, 0.1) is 30.0 Å². The summed E-state index contributed by atoms with van der Waals surface area (Å²) in [6.07, 6.45) is -4.68. The lowest BCUT2D eigenvalue weighted by atomic mass is 10.1. The summed E-state index contributed by atoms with van der Waals surface area (Å²) in [4.78, 5) is 11.9. The molecule has 5 nitrogen and oxygen atoms in total. The highest BCUT2D eigenvalue weighted by molar-refractivity contribution is 6.30. The van der Waals surface area contributed by atoms with Crippen LogP contribution in [0.3, 0.4) is 0 Å². The van der Waals surface area contributed by atoms with Gasteiger partial charge >= 0.3 is 6.18 Å². The molecule has 0 saturated carbocycles. The maximum absolute atomic E-state index is 13.0. The van der Waals surface area contributed by atoms with Crippen molar-refractivity contribution in [3.05, 3.63) is 52.5 Å². The topological polar surface area (TPSA) is 71.3 Å². The maximum Gasteiger partial charge on any atom is 0.418 e. The lowest BCUT2D eigenvalue weighted by Crippen LogP contribution is -2.22. The molecule has 0 unspecified atom stereocenters. The number of anilines is 1. The molecule has 0 bridgehead atoms. The van der Waals surface area contributed by atoms with Crippen molar-refractivity contribution in [2.24, 2.45) is 0 Å². The van der Waals surface area contributed by atoms with Crippen molar-refractivity contribution in [1.82, 2.24) is 0 Å². The molecule has 0 aliphatic rings. The number of carbonyl (C=O) groups is 1. The number of nitrogens with one attached hydrogen (secondary N) is 1. The van der Waals surface area contributed by atoms with Gasteiger partial charge in [0.15, 0.2) is 18.1 Å². The third kappa shape index (κ3) is 4.80. The van der Waals surface area contributed by atoms with E-state index in [1.54, 1.807) is 0 Å². The van der Waals surface area contributed by atoms with Crippen molar-refractivity contribution in [2.75, 3.05) is 19.0 Å². The van der Waals surface area contributed by atoms with Gasteiger partial charge in [-0.05, 0) is 30.3 Å². The van der Waals surface area contributed by atoms with E-state index in [2.05, 4.69) is 5.32 Å². The number of methoxy groups -OCH3 is 1. The zero-order valence-electron chi connectivity index (χ0n) is 13.4. The Morgan fingerprint density at radius 3 is 2.58 bits per heavy atom. The number of benzene rings is 2. The molecule has 0 spiro atoms. The summed E-state index contributed by atoms with van der Waals surface area (Å²) in [5, 5.41) is 10.9. The Morgan fingerprint density at radius 2 is 1.96 bits per heavy atom. The number of carbonyl (C=O) groups excluding carboxylic acids is 1. The van der Waals surface area contributed by atoms with Gasteiger partial charge in [0.2, 0.25) is 0 Å². The van der Waals surface area contributed by atoms with Gasteiger partial charge in [-0.1, -0.05) is 11.6 Å². The number of ether oxygens (including phenoxy) is 2. The third-order valence-electron chi connectivity index (χ3n) is 3.21. The van der Waals surface area contributed by atoms with Gasteiger partial charge in [-0.15, -0.1) is 0 Å². The predicted molar refractivity (Wildman–Crippen MR) is 88.3 cm³/mol. The van der Waals surface area contributed by atoms with Crippen molar-refractivity contribution in [1.29, 1.82) is 5.26 Å². The standard InChI is InChI=1S/C17H12ClF3N2O3/c1-25-15-6-10(8-22)2-5-14(15)26-9-16(24)23-13-4-3-11(18)7-12(13)17(19,20)21/h2-7H,9H2,1H3,(H,23,24). The van der Waals surface area contributed by atoms with Crippen molar-refractivity contribution in [3.63, 3.8) is 0 Å². The molecule has 0 atom stereocenters. The molecule has 1 N–H and O–H groups in total. The van der Waals surface area contributed by atoms with Gasteiger partial charge in [0, 0.05) is 11.1 Å². The van der Waals surface area contributed by atoms with Crippen LogP contribution in [0.15, 0.2) is 36.4 Å². The minimum Gasteiger partial charge on any atom is -0.493 e. The first-order valence-corrected chi connectivity index (χ1v) is 7.50. The fourth-order valence-electron chi connectivity index (χ4n) is 2.05. The molecule has 2 aromatic rings. The van der Waals surface area contributed by atoms with Gasteiger partial charge in [0.25, 0.3) is 5.91 Å². The van der Waals surface area contributed by atoms with Crippen LogP contribution >= 0.6 is 11.6 Å². The minimum absolute atomic E-state index is 0.103. The SMILES string of the molecule is COc1cc(C#N)ccc1OCC(=O)Nc1ccc(Cl)cc1C(F)(F)F. The lowest BCUT2D eigenvalue weighted by Gasteiger charge is -2.15. The minimum atomic E-state index is -4.68. The fraction of sp³-hybridized carbons (Fsp3) is 0.176. The van der Waals surface area contributed by atoms with Crippen LogP contribution in [0.25, 0.3) is 0 Å². The van der Waals surface area contributed by atoms with E-state index < -0.39 is 29.9 Å². The quantitative estimate of drug-likeness (QED) is 0.836. The number of amides is 1. The molecule has 26 heavy (non-hydrogen) atoms. The molecule has 0 heterocycles. The molecule has 9 heteroatoms. The Kier molecular flexibility index (Phi) is 5.95. The first kappa shape index (κ1) is 19.4. The Morgan fingerprint density at radius 1 is 1.23 bits per heavy atom. The second kappa shape index (κ2) is 7.97. The summed E-state index contributed by atoms with van der Waals surface area (Å²) in [5.74, 6) is -0.405.